The van der Waals surface area contributed by atoms with Crippen LogP contribution in [-0.2, 0) is 21.2 Å². The number of aryl methyl sites for hydroxylation is 3. The summed E-state index contributed by atoms with van der Waals surface area (Å²) in [7, 11) is -3.74. The third kappa shape index (κ3) is 5.08. The smallest absolute Gasteiger partial charge is 0.243 e. The average molecular weight is 433 g/mol. The molecule has 0 aliphatic carbocycles. The van der Waals surface area contributed by atoms with Crippen LogP contribution in [0, 0.1) is 32.5 Å². The number of carbonyl (C=O) groups is 1. The summed E-state index contributed by atoms with van der Waals surface area (Å²) in [4.78, 5) is 12.7. The van der Waals surface area contributed by atoms with Gasteiger partial charge in [0, 0.05) is 19.6 Å². The summed E-state index contributed by atoms with van der Waals surface area (Å²) in [6.07, 6.45) is 2.02. The van der Waals surface area contributed by atoms with Crippen LogP contribution in [0.5, 0.6) is 0 Å². The van der Waals surface area contributed by atoms with E-state index >= 15 is 0 Å². The number of piperidine rings is 1. The molecule has 0 radical (unpaired) electrons. The molecule has 1 N–H and O–H groups in total. The Kier molecular flexibility index (Phi) is 6.93. The Labute approximate surface area is 178 Å². The van der Waals surface area contributed by atoms with Crippen molar-refractivity contribution in [3.63, 3.8) is 0 Å². The first kappa shape index (κ1) is 22.4. The van der Waals surface area contributed by atoms with Gasteiger partial charge in [0.05, 0.1) is 10.8 Å². The number of sulfonamides is 1. The van der Waals surface area contributed by atoms with Gasteiger partial charge in [-0.2, -0.15) is 4.31 Å². The van der Waals surface area contributed by atoms with E-state index < -0.39 is 15.8 Å². The lowest BCUT2D eigenvalue weighted by Gasteiger charge is -2.31. The van der Waals surface area contributed by atoms with Crippen molar-refractivity contribution in [1.29, 1.82) is 0 Å². The second-order valence-corrected chi connectivity index (χ2v) is 10.0. The van der Waals surface area contributed by atoms with Crippen LogP contribution < -0.4 is 5.32 Å². The standard InChI is InChI=1S/C23H29FN2O3S/c1-16-13-17(2)22(18(3)14-16)10-11-25-23(27)19-5-4-12-26(15-19)30(28,29)21-8-6-20(24)7-9-21/h6-9,13-14,19H,4-5,10-12,15H2,1-3H3,(H,25,27). The zero-order chi connectivity index (χ0) is 21.9. The summed E-state index contributed by atoms with van der Waals surface area (Å²) < 4.78 is 40.1. The molecule has 162 valence electrons. The Morgan fingerprint density at radius 1 is 1.13 bits per heavy atom. The molecular weight excluding hydrogens is 403 g/mol. The predicted molar refractivity (Wildman–Crippen MR) is 115 cm³/mol. The van der Waals surface area contributed by atoms with E-state index in [4.69, 9.17) is 0 Å². The first-order valence-electron chi connectivity index (χ1n) is 10.3. The maximum atomic E-state index is 13.1. The number of amides is 1. The van der Waals surface area contributed by atoms with Gasteiger partial charge in [-0.3, -0.25) is 4.79 Å². The maximum Gasteiger partial charge on any atom is 0.243 e. The highest BCUT2D eigenvalue weighted by Gasteiger charge is 2.33. The lowest BCUT2D eigenvalue weighted by Crippen LogP contribution is -2.45. The summed E-state index contributed by atoms with van der Waals surface area (Å²) in [5.74, 6) is -0.977. The Morgan fingerprint density at radius 2 is 1.77 bits per heavy atom. The molecule has 1 saturated heterocycles. The van der Waals surface area contributed by atoms with E-state index in [2.05, 4.69) is 38.2 Å². The van der Waals surface area contributed by atoms with E-state index in [1.807, 2.05) is 0 Å². The van der Waals surface area contributed by atoms with E-state index in [0.717, 1.165) is 18.6 Å². The molecule has 1 aliphatic heterocycles. The number of nitrogens with zero attached hydrogens (tertiary/aromatic N) is 1. The molecule has 30 heavy (non-hydrogen) atoms. The second kappa shape index (κ2) is 9.27. The van der Waals surface area contributed by atoms with Crippen LogP contribution in [0.2, 0.25) is 0 Å². The van der Waals surface area contributed by atoms with Gasteiger partial charge < -0.3 is 5.32 Å². The minimum atomic E-state index is -3.74. The number of rotatable bonds is 6. The number of benzene rings is 2. The molecule has 0 spiro atoms. The molecule has 1 heterocycles. The predicted octanol–water partition coefficient (Wildman–Crippen LogP) is 3.51. The molecule has 5 nitrogen and oxygen atoms in total. The molecule has 2 aromatic rings. The number of hydrogen-bond acceptors (Lipinski definition) is 3. The van der Waals surface area contributed by atoms with Crippen molar-refractivity contribution >= 4 is 15.9 Å². The molecule has 0 saturated carbocycles. The van der Waals surface area contributed by atoms with Crippen molar-refractivity contribution in [2.45, 2.75) is 44.9 Å². The van der Waals surface area contributed by atoms with Gasteiger partial charge in [-0.25, -0.2) is 12.8 Å². The van der Waals surface area contributed by atoms with Gasteiger partial charge in [-0.05, 0) is 81.0 Å². The van der Waals surface area contributed by atoms with Gasteiger partial charge in [-0.1, -0.05) is 17.7 Å². The van der Waals surface area contributed by atoms with Crippen LogP contribution in [0.15, 0.2) is 41.3 Å². The van der Waals surface area contributed by atoms with Crippen molar-refractivity contribution in [2.75, 3.05) is 19.6 Å². The summed E-state index contributed by atoms with van der Waals surface area (Å²) >= 11 is 0. The SMILES string of the molecule is Cc1cc(C)c(CCNC(=O)C2CCCN(S(=O)(=O)c3ccc(F)cc3)C2)c(C)c1. The van der Waals surface area contributed by atoms with Crippen LogP contribution in [0.1, 0.15) is 35.1 Å². The van der Waals surface area contributed by atoms with E-state index in [1.165, 1.54) is 38.7 Å². The molecule has 1 unspecified atom stereocenters. The number of halogens is 1. The molecule has 7 heteroatoms. The minimum absolute atomic E-state index is 0.0512. The van der Waals surface area contributed by atoms with Crippen LogP contribution >= 0.6 is 0 Å². The molecule has 0 aromatic heterocycles. The van der Waals surface area contributed by atoms with Crippen molar-refractivity contribution in [1.82, 2.24) is 9.62 Å². The van der Waals surface area contributed by atoms with E-state index in [-0.39, 0.29) is 23.3 Å². The third-order valence-electron chi connectivity index (χ3n) is 5.72. The molecule has 0 bridgehead atoms. The van der Waals surface area contributed by atoms with Gasteiger partial charge >= 0.3 is 0 Å². The fraction of sp³-hybridized carbons (Fsp3) is 0.435. The number of carbonyl (C=O) groups excluding carboxylic acids is 1. The number of nitrogens with one attached hydrogen (secondary N) is 1. The van der Waals surface area contributed by atoms with Gasteiger partial charge in [0.2, 0.25) is 15.9 Å². The highest BCUT2D eigenvalue weighted by Crippen LogP contribution is 2.24. The van der Waals surface area contributed by atoms with Gasteiger partial charge in [0.25, 0.3) is 0 Å². The first-order valence-corrected chi connectivity index (χ1v) is 11.7. The van der Waals surface area contributed by atoms with Gasteiger partial charge in [-0.15, -0.1) is 0 Å². The second-order valence-electron chi connectivity index (χ2n) is 8.07. The molecule has 1 aliphatic rings. The van der Waals surface area contributed by atoms with Gasteiger partial charge in [0.15, 0.2) is 0 Å². The molecule has 1 fully saturated rings. The van der Waals surface area contributed by atoms with Crippen LogP contribution in [0.3, 0.4) is 0 Å². The molecule has 3 rings (SSSR count). The zero-order valence-corrected chi connectivity index (χ0v) is 18.6. The minimum Gasteiger partial charge on any atom is -0.355 e. The van der Waals surface area contributed by atoms with Crippen molar-refractivity contribution < 1.29 is 17.6 Å². The summed E-state index contributed by atoms with van der Waals surface area (Å²) in [5.41, 5.74) is 4.90. The molecular formula is C23H29FN2O3S. The van der Waals surface area contributed by atoms with Crippen LogP contribution in [0.25, 0.3) is 0 Å². The lowest BCUT2D eigenvalue weighted by molar-refractivity contribution is -0.126. The Balaban J connectivity index is 1.60. The normalized spacial score (nSPS) is 17.7. The summed E-state index contributed by atoms with van der Waals surface area (Å²) in [6, 6.07) is 9.08. The van der Waals surface area contributed by atoms with Crippen molar-refractivity contribution in [2.24, 2.45) is 5.92 Å². The lowest BCUT2D eigenvalue weighted by atomic mass is 9.96. The Bertz CT molecular complexity index is 996. The fourth-order valence-electron chi connectivity index (χ4n) is 4.19. The topological polar surface area (TPSA) is 66.5 Å². The average Bonchev–Trinajstić information content (AvgIpc) is 2.70. The quantitative estimate of drug-likeness (QED) is 0.760. The molecule has 2 aromatic carbocycles. The largest absolute Gasteiger partial charge is 0.355 e. The Hall–Kier alpha value is -2.25. The molecule has 1 amide bonds. The van der Waals surface area contributed by atoms with Gasteiger partial charge in [0.1, 0.15) is 5.82 Å². The summed E-state index contributed by atoms with van der Waals surface area (Å²) in [5, 5.41) is 2.98. The Morgan fingerprint density at radius 3 is 2.40 bits per heavy atom. The van der Waals surface area contributed by atoms with Crippen molar-refractivity contribution in [3.05, 3.63) is 64.5 Å². The monoisotopic (exact) mass is 432 g/mol. The molecule has 1 atom stereocenters. The highest BCUT2D eigenvalue weighted by atomic mass is 32.2. The van der Waals surface area contributed by atoms with Crippen LogP contribution in [-0.4, -0.2) is 38.3 Å². The van der Waals surface area contributed by atoms with E-state index in [1.54, 1.807) is 0 Å². The van der Waals surface area contributed by atoms with Crippen molar-refractivity contribution in [3.8, 4) is 0 Å². The summed E-state index contributed by atoms with van der Waals surface area (Å²) in [6.45, 7) is 7.26. The maximum absolute atomic E-state index is 13.1. The zero-order valence-electron chi connectivity index (χ0n) is 17.7. The fourth-order valence-corrected chi connectivity index (χ4v) is 5.71. The number of hydrogen-bond donors (Lipinski definition) is 1. The van der Waals surface area contributed by atoms with E-state index in [0.29, 0.717) is 25.9 Å². The van der Waals surface area contributed by atoms with Crippen LogP contribution in [0.4, 0.5) is 4.39 Å². The first-order chi connectivity index (χ1) is 14.2. The third-order valence-corrected chi connectivity index (χ3v) is 7.60. The van der Waals surface area contributed by atoms with E-state index in [9.17, 15) is 17.6 Å². The highest BCUT2D eigenvalue weighted by molar-refractivity contribution is 7.89.